The molecule has 0 saturated carbocycles. The molecule has 0 aliphatic rings. The first-order valence-electron chi connectivity index (χ1n) is 9.34. The van der Waals surface area contributed by atoms with E-state index in [1.165, 1.54) is 0 Å². The largest absolute Gasteiger partial charge is 0.487 e. The third kappa shape index (κ3) is 3.61. The number of hydrogen-bond acceptors (Lipinski definition) is 1. The van der Waals surface area contributed by atoms with E-state index in [1.807, 2.05) is 51.4 Å². The summed E-state index contributed by atoms with van der Waals surface area (Å²) in [5, 5.41) is 1.99. The van der Waals surface area contributed by atoms with Crippen LogP contribution in [0.25, 0.3) is 21.8 Å². The van der Waals surface area contributed by atoms with Crippen LogP contribution in [0.15, 0.2) is 66.7 Å². The average molecular weight is 376 g/mol. The van der Waals surface area contributed by atoms with E-state index in [-0.39, 0.29) is 0 Å². The van der Waals surface area contributed by atoms with Crippen molar-refractivity contribution >= 4 is 34.5 Å². The molecule has 2 nitrogen and oxygen atoms in total. The molecule has 3 aromatic carbocycles. The second kappa shape index (κ2) is 7.31. The number of hydrogen-bond donors (Lipinski definition) is 0. The van der Waals surface area contributed by atoms with Gasteiger partial charge in [0.25, 0.3) is 5.92 Å². The van der Waals surface area contributed by atoms with Crippen LogP contribution in [-0.4, -0.2) is 24.4 Å². The van der Waals surface area contributed by atoms with Crippen LogP contribution in [-0.2, 0) is 6.54 Å². The second-order valence-electron chi connectivity index (χ2n) is 7.13. The Morgan fingerprint density at radius 2 is 1.61 bits per heavy atom. The van der Waals surface area contributed by atoms with Crippen molar-refractivity contribution in [1.82, 2.24) is 4.57 Å². The van der Waals surface area contributed by atoms with Crippen LogP contribution in [0.5, 0.6) is 5.75 Å². The van der Waals surface area contributed by atoms with Crippen LogP contribution in [0, 0.1) is 6.92 Å². The summed E-state index contributed by atoms with van der Waals surface area (Å²) in [6.45, 7) is 2.89. The molecule has 0 atom stereocenters. The van der Waals surface area contributed by atoms with E-state index in [9.17, 15) is 8.78 Å². The molecule has 1 aromatic heterocycles. The minimum Gasteiger partial charge on any atom is -0.487 e. The highest BCUT2D eigenvalue weighted by Gasteiger charge is 2.32. The molecule has 1 heterocycles. The van der Waals surface area contributed by atoms with Crippen molar-refractivity contribution in [3.05, 3.63) is 72.3 Å². The molecular weight excluding hydrogens is 355 g/mol. The number of halogens is 2. The van der Waals surface area contributed by atoms with Crippen LogP contribution in [0.3, 0.4) is 0 Å². The summed E-state index contributed by atoms with van der Waals surface area (Å²) in [6.07, 6.45) is 0. The summed E-state index contributed by atoms with van der Waals surface area (Å²) in [4.78, 5) is 0. The SMILES string of the molecule is C[B]c1ccc2c(c1)c1cc(C)ccc1n2CC(F)(F)COc1ccccc1. The molecule has 0 unspecified atom stereocenters. The van der Waals surface area contributed by atoms with E-state index < -0.39 is 19.1 Å². The molecule has 0 bridgehead atoms. The summed E-state index contributed by atoms with van der Waals surface area (Å²) in [5.74, 6) is -2.56. The van der Waals surface area contributed by atoms with Gasteiger partial charge in [0.15, 0.2) is 6.61 Å². The number of rotatable bonds is 6. The van der Waals surface area contributed by atoms with E-state index in [0.29, 0.717) is 5.75 Å². The molecular formula is C23H21BF2NO. The van der Waals surface area contributed by atoms with Crippen molar-refractivity contribution in [2.75, 3.05) is 6.61 Å². The zero-order valence-electron chi connectivity index (χ0n) is 16.0. The maximum atomic E-state index is 14.8. The number of benzene rings is 3. The van der Waals surface area contributed by atoms with Crippen molar-refractivity contribution in [2.45, 2.75) is 26.2 Å². The van der Waals surface area contributed by atoms with Crippen LogP contribution >= 0.6 is 0 Å². The zero-order valence-corrected chi connectivity index (χ0v) is 16.0. The van der Waals surface area contributed by atoms with Gasteiger partial charge in [-0.2, -0.15) is 0 Å². The minimum atomic E-state index is -3.00. The standard InChI is InChI=1S/C23H21BF2NO/c1-16-8-10-21-19(12-16)20-13-17(24-2)9-11-22(20)27(21)14-23(25,26)15-28-18-6-4-3-5-7-18/h3-13H,14-15H2,1-2H3. The number of para-hydroxylation sites is 1. The molecule has 1 radical (unpaired) electrons. The van der Waals surface area contributed by atoms with Gasteiger partial charge in [0.2, 0.25) is 0 Å². The van der Waals surface area contributed by atoms with Gasteiger partial charge in [-0.1, -0.05) is 54.2 Å². The highest BCUT2D eigenvalue weighted by atomic mass is 19.3. The Kier molecular flexibility index (Phi) is 4.84. The number of fused-ring (bicyclic) bond motifs is 3. The topological polar surface area (TPSA) is 14.2 Å². The molecule has 5 heteroatoms. The van der Waals surface area contributed by atoms with Gasteiger partial charge in [-0.25, -0.2) is 8.78 Å². The van der Waals surface area contributed by atoms with E-state index >= 15 is 0 Å². The Balaban J connectivity index is 1.72. The van der Waals surface area contributed by atoms with Gasteiger partial charge in [-0.3, -0.25) is 0 Å². The van der Waals surface area contributed by atoms with E-state index in [0.717, 1.165) is 32.8 Å². The van der Waals surface area contributed by atoms with Crippen LogP contribution in [0.2, 0.25) is 6.82 Å². The Morgan fingerprint density at radius 1 is 0.929 bits per heavy atom. The van der Waals surface area contributed by atoms with Gasteiger partial charge in [0.05, 0.1) is 6.54 Å². The first-order chi connectivity index (χ1) is 13.5. The van der Waals surface area contributed by atoms with Crippen molar-refractivity contribution in [3.63, 3.8) is 0 Å². The number of aryl methyl sites for hydroxylation is 1. The summed E-state index contributed by atoms with van der Waals surface area (Å²) >= 11 is 0. The second-order valence-corrected chi connectivity index (χ2v) is 7.13. The smallest absolute Gasteiger partial charge is 0.298 e. The van der Waals surface area contributed by atoms with Gasteiger partial charge in [-0.15, -0.1) is 0 Å². The van der Waals surface area contributed by atoms with E-state index in [4.69, 9.17) is 4.74 Å². The lowest BCUT2D eigenvalue weighted by Crippen LogP contribution is -2.31. The molecule has 0 saturated heterocycles. The molecule has 28 heavy (non-hydrogen) atoms. The highest BCUT2D eigenvalue weighted by Crippen LogP contribution is 2.32. The van der Waals surface area contributed by atoms with Gasteiger partial charge in [0, 0.05) is 21.8 Å². The fourth-order valence-electron chi connectivity index (χ4n) is 3.57. The first kappa shape index (κ1) is 18.5. The predicted octanol–water partition coefficient (Wildman–Crippen LogP) is 5.19. The Labute approximate surface area is 164 Å². The maximum Gasteiger partial charge on any atom is 0.298 e. The fourth-order valence-corrected chi connectivity index (χ4v) is 3.57. The van der Waals surface area contributed by atoms with Gasteiger partial charge in [0.1, 0.15) is 13.0 Å². The zero-order chi connectivity index (χ0) is 19.7. The average Bonchev–Trinajstić information content (AvgIpc) is 2.99. The predicted molar refractivity (Wildman–Crippen MR) is 112 cm³/mol. The third-order valence-corrected chi connectivity index (χ3v) is 4.96. The third-order valence-electron chi connectivity index (χ3n) is 4.96. The molecule has 141 valence electrons. The lowest BCUT2D eigenvalue weighted by atomic mass is 9.73. The molecule has 0 aliphatic carbocycles. The molecule has 4 rings (SSSR count). The van der Waals surface area contributed by atoms with Crippen LogP contribution in [0.4, 0.5) is 8.78 Å². The molecule has 0 amide bonds. The van der Waals surface area contributed by atoms with Gasteiger partial charge >= 0.3 is 0 Å². The van der Waals surface area contributed by atoms with Crippen LogP contribution in [0.1, 0.15) is 5.56 Å². The Bertz CT molecular complexity index is 1120. The Morgan fingerprint density at radius 3 is 2.32 bits per heavy atom. The summed E-state index contributed by atoms with van der Waals surface area (Å²) < 4.78 is 36.6. The highest BCUT2D eigenvalue weighted by molar-refractivity contribution is 6.52. The summed E-state index contributed by atoms with van der Waals surface area (Å²) in [5.41, 5.74) is 3.81. The van der Waals surface area contributed by atoms with Gasteiger partial charge in [-0.05, 0) is 37.3 Å². The van der Waals surface area contributed by atoms with Crippen molar-refractivity contribution < 1.29 is 13.5 Å². The molecule has 0 spiro atoms. The number of ether oxygens (including phenoxy) is 1. The van der Waals surface area contributed by atoms with Gasteiger partial charge < -0.3 is 9.30 Å². The summed E-state index contributed by atoms with van der Waals surface area (Å²) in [6, 6.07) is 20.6. The normalized spacial score (nSPS) is 11.9. The molecule has 0 aliphatic heterocycles. The number of aromatic nitrogens is 1. The quantitative estimate of drug-likeness (QED) is 0.422. The molecule has 4 aromatic rings. The first-order valence-corrected chi connectivity index (χ1v) is 9.34. The number of nitrogens with zero attached hydrogens (tertiary/aromatic N) is 1. The number of alkyl halides is 2. The molecule has 0 fully saturated rings. The lowest BCUT2D eigenvalue weighted by molar-refractivity contribution is -0.0529. The van der Waals surface area contributed by atoms with Crippen molar-refractivity contribution in [3.8, 4) is 5.75 Å². The lowest BCUT2D eigenvalue weighted by Gasteiger charge is -2.19. The van der Waals surface area contributed by atoms with Crippen molar-refractivity contribution in [2.24, 2.45) is 0 Å². The van der Waals surface area contributed by atoms with E-state index in [1.54, 1.807) is 28.8 Å². The fraction of sp³-hybridized carbons (Fsp3) is 0.217. The maximum absolute atomic E-state index is 14.8. The van der Waals surface area contributed by atoms with Crippen LogP contribution < -0.4 is 10.2 Å². The monoisotopic (exact) mass is 376 g/mol. The Hall–Kier alpha value is -2.82. The van der Waals surface area contributed by atoms with E-state index in [2.05, 4.69) is 12.1 Å². The summed E-state index contributed by atoms with van der Waals surface area (Å²) in [7, 11) is 2.01. The molecule has 0 N–H and O–H groups in total. The van der Waals surface area contributed by atoms with Crippen molar-refractivity contribution in [1.29, 1.82) is 0 Å². The minimum absolute atomic E-state index is 0.432.